The lowest BCUT2D eigenvalue weighted by Gasteiger charge is -1.89. The van der Waals surface area contributed by atoms with Crippen molar-refractivity contribution < 1.29 is 4.74 Å². The molecule has 0 N–H and O–H groups in total. The van der Waals surface area contributed by atoms with Crippen LogP contribution in [-0.2, 0) is 4.74 Å². The molecule has 11 heavy (non-hydrogen) atoms. The fourth-order valence-electron chi connectivity index (χ4n) is 0.900. The average molecular weight is 146 g/mol. The molecule has 1 aromatic rings. The topological polar surface area (TPSA) is 29.8 Å². The van der Waals surface area contributed by atoms with Crippen molar-refractivity contribution in [2.24, 2.45) is 0 Å². The lowest BCUT2D eigenvalue weighted by atomic mass is 10.3. The highest BCUT2D eigenvalue weighted by Crippen LogP contribution is 2.28. The highest BCUT2D eigenvalue weighted by Gasteiger charge is 2.28. The molecule has 1 aliphatic heterocycles. The molecular formula is C8H6N2O. The predicted molar refractivity (Wildman–Crippen MR) is 39.2 cm³/mol. The van der Waals surface area contributed by atoms with Crippen molar-refractivity contribution in [1.29, 1.82) is 0 Å². The molecule has 1 saturated heterocycles. The van der Waals surface area contributed by atoms with Gasteiger partial charge < -0.3 is 9.58 Å². The Morgan fingerprint density at radius 3 is 3.09 bits per heavy atom. The van der Waals surface area contributed by atoms with Crippen LogP contribution < -0.4 is 0 Å². The highest BCUT2D eigenvalue weighted by atomic mass is 16.6. The molecular weight excluding hydrogens is 140 g/mol. The van der Waals surface area contributed by atoms with Crippen LogP contribution in [0.2, 0.25) is 0 Å². The second-order valence-electron chi connectivity index (χ2n) is 2.35. The number of aromatic nitrogens is 1. The number of hydrogen-bond acceptors (Lipinski definition) is 2. The van der Waals surface area contributed by atoms with Crippen LogP contribution in [0.4, 0.5) is 5.82 Å². The molecule has 3 heteroatoms. The van der Waals surface area contributed by atoms with Gasteiger partial charge in [-0.05, 0) is 12.1 Å². The Bertz CT molecular complexity index is 312. The van der Waals surface area contributed by atoms with Crippen LogP contribution in [0.3, 0.4) is 0 Å². The molecule has 2 heterocycles. The van der Waals surface area contributed by atoms with Crippen LogP contribution in [-0.4, -0.2) is 11.6 Å². The van der Waals surface area contributed by atoms with Crippen LogP contribution >= 0.6 is 0 Å². The van der Waals surface area contributed by atoms with Crippen molar-refractivity contribution >= 4 is 5.82 Å². The maximum absolute atomic E-state index is 6.72. The summed E-state index contributed by atoms with van der Waals surface area (Å²) in [6, 6.07) is 5.41. The number of pyridine rings is 1. The molecule has 0 spiro atoms. The second kappa shape index (κ2) is 2.33. The number of ether oxygens (including phenoxy) is 1. The minimum absolute atomic E-state index is 0.150. The zero-order valence-electron chi connectivity index (χ0n) is 5.82. The van der Waals surface area contributed by atoms with E-state index in [9.17, 15) is 0 Å². The summed E-state index contributed by atoms with van der Waals surface area (Å²) in [7, 11) is 0. The quantitative estimate of drug-likeness (QED) is 0.446. The third kappa shape index (κ3) is 1.21. The minimum Gasteiger partial charge on any atom is -0.364 e. The number of rotatable bonds is 1. The second-order valence-corrected chi connectivity index (χ2v) is 2.35. The van der Waals surface area contributed by atoms with Gasteiger partial charge >= 0.3 is 0 Å². The Morgan fingerprint density at radius 2 is 2.45 bits per heavy atom. The summed E-state index contributed by atoms with van der Waals surface area (Å²) in [5.74, 6) is 0.443. The molecule has 0 bridgehead atoms. The lowest BCUT2D eigenvalue weighted by molar-refractivity contribution is 0.411. The van der Waals surface area contributed by atoms with E-state index in [1.807, 2.05) is 12.1 Å². The normalized spacial score (nSPS) is 20.8. The zero-order chi connectivity index (χ0) is 7.68. The Balaban J connectivity index is 2.35. The first-order valence-corrected chi connectivity index (χ1v) is 3.36. The Hall–Kier alpha value is -1.40. The molecule has 3 nitrogen and oxygen atoms in total. The van der Waals surface area contributed by atoms with Crippen LogP contribution in [0.25, 0.3) is 4.85 Å². The van der Waals surface area contributed by atoms with Gasteiger partial charge in [0.25, 0.3) is 5.82 Å². The van der Waals surface area contributed by atoms with E-state index in [1.54, 1.807) is 6.07 Å². The summed E-state index contributed by atoms with van der Waals surface area (Å²) in [6.07, 6.45) is 0.150. The van der Waals surface area contributed by atoms with E-state index in [1.165, 1.54) is 0 Å². The summed E-state index contributed by atoms with van der Waals surface area (Å²) in [6.45, 7) is 7.47. The van der Waals surface area contributed by atoms with Crippen LogP contribution in [0.15, 0.2) is 18.2 Å². The van der Waals surface area contributed by atoms with Gasteiger partial charge in [-0.2, -0.15) is 0 Å². The summed E-state index contributed by atoms with van der Waals surface area (Å²) >= 11 is 0. The van der Waals surface area contributed by atoms with Crippen molar-refractivity contribution in [3.63, 3.8) is 0 Å². The summed E-state index contributed by atoms with van der Waals surface area (Å²) in [4.78, 5) is 7.30. The SMILES string of the molecule is [C-]#[N+]c1cccc([C@H]2CO2)n1. The number of hydrogen-bond donors (Lipinski definition) is 0. The molecule has 0 radical (unpaired) electrons. The number of nitrogens with zero attached hydrogens (tertiary/aromatic N) is 2. The van der Waals surface area contributed by atoms with Gasteiger partial charge in [0, 0.05) is 0 Å². The zero-order valence-corrected chi connectivity index (χ0v) is 5.82. The maximum Gasteiger partial charge on any atom is 0.269 e. The van der Waals surface area contributed by atoms with E-state index in [2.05, 4.69) is 9.83 Å². The standard InChI is InChI=1S/C8H6N2O/c1-9-8-4-2-3-6(10-8)7-5-11-7/h2-4,7H,5H2/t7-/m1/s1. The van der Waals surface area contributed by atoms with Crippen molar-refractivity contribution in [2.75, 3.05) is 6.61 Å². The summed E-state index contributed by atoms with van der Waals surface area (Å²) < 4.78 is 5.03. The first-order chi connectivity index (χ1) is 5.40. The van der Waals surface area contributed by atoms with Crippen LogP contribution in [0.5, 0.6) is 0 Å². The van der Waals surface area contributed by atoms with Gasteiger partial charge in [0.2, 0.25) is 0 Å². The molecule has 2 rings (SSSR count). The van der Waals surface area contributed by atoms with Gasteiger partial charge in [-0.3, -0.25) is 0 Å². The molecule has 54 valence electrons. The summed E-state index contributed by atoms with van der Waals surface area (Å²) in [5, 5.41) is 0. The van der Waals surface area contributed by atoms with Gasteiger partial charge in [0.1, 0.15) is 6.10 Å². The molecule has 0 saturated carbocycles. The van der Waals surface area contributed by atoms with E-state index in [0.29, 0.717) is 5.82 Å². The van der Waals surface area contributed by atoms with Gasteiger partial charge in [-0.15, -0.1) is 4.98 Å². The van der Waals surface area contributed by atoms with Crippen molar-refractivity contribution in [3.8, 4) is 0 Å². The first kappa shape index (κ1) is 6.32. The van der Waals surface area contributed by atoms with E-state index in [4.69, 9.17) is 11.3 Å². The van der Waals surface area contributed by atoms with Gasteiger partial charge in [-0.1, -0.05) is 12.6 Å². The van der Waals surface area contributed by atoms with E-state index in [0.717, 1.165) is 12.3 Å². The predicted octanol–water partition coefficient (Wildman–Crippen LogP) is 1.70. The molecule has 0 aromatic carbocycles. The molecule has 0 unspecified atom stereocenters. The minimum atomic E-state index is 0.150. The van der Waals surface area contributed by atoms with E-state index in [-0.39, 0.29) is 6.10 Å². The fourth-order valence-corrected chi connectivity index (χ4v) is 0.900. The maximum atomic E-state index is 6.72. The molecule has 1 atom stereocenters. The van der Waals surface area contributed by atoms with Crippen molar-refractivity contribution in [2.45, 2.75) is 6.10 Å². The van der Waals surface area contributed by atoms with Crippen molar-refractivity contribution in [3.05, 3.63) is 35.3 Å². The fraction of sp³-hybridized carbons (Fsp3) is 0.250. The Morgan fingerprint density at radius 1 is 1.64 bits per heavy atom. The molecule has 0 amide bonds. The van der Waals surface area contributed by atoms with Crippen LogP contribution in [0, 0.1) is 6.57 Å². The van der Waals surface area contributed by atoms with Gasteiger partial charge in [-0.25, -0.2) is 0 Å². The van der Waals surface area contributed by atoms with Gasteiger partial charge in [0.05, 0.1) is 6.61 Å². The largest absolute Gasteiger partial charge is 0.364 e. The molecule has 1 aliphatic rings. The number of epoxide rings is 1. The lowest BCUT2D eigenvalue weighted by Crippen LogP contribution is -1.84. The van der Waals surface area contributed by atoms with Gasteiger partial charge in [0.15, 0.2) is 5.69 Å². The molecule has 0 aliphatic carbocycles. The van der Waals surface area contributed by atoms with Crippen LogP contribution in [0.1, 0.15) is 11.8 Å². The monoisotopic (exact) mass is 146 g/mol. The third-order valence-corrected chi connectivity index (χ3v) is 1.53. The first-order valence-electron chi connectivity index (χ1n) is 3.36. The third-order valence-electron chi connectivity index (χ3n) is 1.53. The van der Waals surface area contributed by atoms with Crippen molar-refractivity contribution in [1.82, 2.24) is 4.98 Å². The average Bonchev–Trinajstić information content (AvgIpc) is 2.87. The highest BCUT2D eigenvalue weighted by molar-refractivity contribution is 5.36. The smallest absolute Gasteiger partial charge is 0.269 e. The molecule has 1 fully saturated rings. The van der Waals surface area contributed by atoms with E-state index >= 15 is 0 Å². The van der Waals surface area contributed by atoms with E-state index < -0.39 is 0 Å². The summed E-state index contributed by atoms with van der Waals surface area (Å²) in [5.41, 5.74) is 0.874. The Kier molecular flexibility index (Phi) is 1.34. The molecule has 1 aromatic heterocycles. The Labute approximate surface area is 64.5 Å².